The molecule has 170 valence electrons. The molecule has 0 aliphatic heterocycles. The maximum Gasteiger partial charge on any atom is 0.243 e. The number of pyridine rings is 1. The Morgan fingerprint density at radius 2 is 1.97 bits per heavy atom. The third-order valence-corrected chi connectivity index (χ3v) is 7.66. The van der Waals surface area contributed by atoms with Crippen molar-refractivity contribution in [3.8, 4) is 16.3 Å². The first-order chi connectivity index (χ1) is 15.4. The number of anilines is 1. The Bertz CT molecular complexity index is 1160. The topological polar surface area (TPSA) is 101 Å². The summed E-state index contributed by atoms with van der Waals surface area (Å²) < 4.78 is 32.7. The highest BCUT2D eigenvalue weighted by atomic mass is 32.2. The molecule has 0 radical (unpaired) electrons. The fourth-order valence-corrected chi connectivity index (χ4v) is 5.43. The van der Waals surface area contributed by atoms with Crippen molar-refractivity contribution in [3.63, 3.8) is 0 Å². The quantitative estimate of drug-likeness (QED) is 0.479. The van der Waals surface area contributed by atoms with Crippen LogP contribution in [0.5, 0.6) is 5.75 Å². The van der Waals surface area contributed by atoms with Gasteiger partial charge in [-0.2, -0.15) is 4.31 Å². The Hall–Kier alpha value is -2.82. The molecule has 0 saturated heterocycles. The largest absolute Gasteiger partial charge is 0.492 e. The van der Waals surface area contributed by atoms with Crippen LogP contribution < -0.4 is 10.1 Å². The van der Waals surface area contributed by atoms with Gasteiger partial charge in [-0.15, -0.1) is 11.3 Å². The molecule has 3 aromatic rings. The lowest BCUT2D eigenvalue weighted by atomic mass is 10.2. The molecular weight excluding hydrogens is 448 g/mol. The van der Waals surface area contributed by atoms with Crippen molar-refractivity contribution < 1.29 is 17.9 Å². The second kappa shape index (κ2) is 10.7. The van der Waals surface area contributed by atoms with Gasteiger partial charge in [-0.3, -0.25) is 9.78 Å². The summed E-state index contributed by atoms with van der Waals surface area (Å²) >= 11 is 1.44. The summed E-state index contributed by atoms with van der Waals surface area (Å²) in [5.74, 6) is 0.0973. The van der Waals surface area contributed by atoms with Crippen LogP contribution in [-0.2, 0) is 21.2 Å². The Morgan fingerprint density at radius 1 is 1.19 bits per heavy atom. The van der Waals surface area contributed by atoms with E-state index in [2.05, 4.69) is 15.3 Å². The van der Waals surface area contributed by atoms with Crippen LogP contribution in [0.15, 0.2) is 53.0 Å². The van der Waals surface area contributed by atoms with Crippen LogP contribution in [0.4, 0.5) is 5.69 Å². The van der Waals surface area contributed by atoms with Crippen molar-refractivity contribution in [1.82, 2.24) is 14.3 Å². The third kappa shape index (κ3) is 5.50. The number of amides is 1. The maximum atomic E-state index is 12.9. The number of ether oxygens (including phenoxy) is 1. The van der Waals surface area contributed by atoms with E-state index in [-0.39, 0.29) is 17.2 Å². The van der Waals surface area contributed by atoms with Gasteiger partial charge in [0, 0.05) is 36.4 Å². The molecule has 1 aromatic carbocycles. The highest BCUT2D eigenvalue weighted by Crippen LogP contribution is 2.30. The third-order valence-electron chi connectivity index (χ3n) is 4.67. The van der Waals surface area contributed by atoms with Crippen molar-refractivity contribution in [2.75, 3.05) is 25.0 Å². The van der Waals surface area contributed by atoms with Crippen molar-refractivity contribution in [1.29, 1.82) is 0 Å². The van der Waals surface area contributed by atoms with Gasteiger partial charge in [-0.25, -0.2) is 13.4 Å². The van der Waals surface area contributed by atoms with Crippen molar-refractivity contribution in [2.24, 2.45) is 0 Å². The molecule has 1 N–H and O–H groups in total. The van der Waals surface area contributed by atoms with Gasteiger partial charge in [0.15, 0.2) is 0 Å². The summed E-state index contributed by atoms with van der Waals surface area (Å²) in [6.45, 7) is 6.48. The SMILES string of the molecule is CCOc1ccc(S(=O)(=O)N(CC)CC)cc1NC(=O)Cc1csc(-c2cccnc2)n1. The van der Waals surface area contributed by atoms with Gasteiger partial charge in [-0.05, 0) is 37.3 Å². The molecule has 0 saturated carbocycles. The van der Waals surface area contributed by atoms with E-state index in [0.29, 0.717) is 36.8 Å². The van der Waals surface area contributed by atoms with E-state index in [0.717, 1.165) is 10.6 Å². The van der Waals surface area contributed by atoms with Gasteiger partial charge in [0.25, 0.3) is 0 Å². The number of rotatable bonds is 10. The fraction of sp³-hybridized carbons (Fsp3) is 0.318. The Morgan fingerprint density at radius 3 is 2.62 bits per heavy atom. The molecule has 0 aliphatic carbocycles. The van der Waals surface area contributed by atoms with Crippen molar-refractivity contribution in [2.45, 2.75) is 32.1 Å². The summed E-state index contributed by atoms with van der Waals surface area (Å²) in [6, 6.07) is 8.25. The number of benzene rings is 1. The van der Waals surface area contributed by atoms with Gasteiger partial charge in [0.05, 0.1) is 29.3 Å². The molecule has 32 heavy (non-hydrogen) atoms. The molecule has 0 fully saturated rings. The molecule has 8 nitrogen and oxygen atoms in total. The average Bonchev–Trinajstić information content (AvgIpc) is 3.24. The molecular formula is C22H26N4O4S2. The predicted molar refractivity (Wildman–Crippen MR) is 125 cm³/mol. The zero-order valence-corrected chi connectivity index (χ0v) is 19.9. The van der Waals surface area contributed by atoms with E-state index in [1.165, 1.54) is 27.8 Å². The van der Waals surface area contributed by atoms with Crippen molar-refractivity contribution in [3.05, 3.63) is 53.8 Å². The zero-order valence-electron chi connectivity index (χ0n) is 18.2. The van der Waals surface area contributed by atoms with Gasteiger partial charge in [0.2, 0.25) is 15.9 Å². The van der Waals surface area contributed by atoms with E-state index >= 15 is 0 Å². The molecule has 2 aromatic heterocycles. The molecule has 0 spiro atoms. The van der Waals surface area contributed by atoms with Crippen molar-refractivity contribution >= 4 is 33.0 Å². The second-order valence-corrected chi connectivity index (χ2v) is 9.59. The molecule has 0 bridgehead atoms. The molecule has 0 atom stereocenters. The normalized spacial score (nSPS) is 11.5. The second-order valence-electron chi connectivity index (χ2n) is 6.79. The maximum absolute atomic E-state index is 12.9. The van der Waals surface area contributed by atoms with E-state index in [9.17, 15) is 13.2 Å². The fourth-order valence-electron chi connectivity index (χ4n) is 3.13. The lowest BCUT2D eigenvalue weighted by Crippen LogP contribution is -2.30. The van der Waals surface area contributed by atoms with Crippen LogP contribution >= 0.6 is 11.3 Å². The highest BCUT2D eigenvalue weighted by molar-refractivity contribution is 7.89. The number of nitrogens with one attached hydrogen (secondary N) is 1. The number of nitrogens with zero attached hydrogens (tertiary/aromatic N) is 3. The monoisotopic (exact) mass is 474 g/mol. The lowest BCUT2D eigenvalue weighted by molar-refractivity contribution is -0.115. The number of carbonyl (C=O) groups excluding carboxylic acids is 1. The van der Waals surface area contributed by atoms with Gasteiger partial charge in [-0.1, -0.05) is 13.8 Å². The van der Waals surface area contributed by atoms with Gasteiger partial charge >= 0.3 is 0 Å². The molecule has 0 unspecified atom stereocenters. The van der Waals surface area contributed by atoms with Crippen LogP contribution in [0.25, 0.3) is 10.6 Å². The highest BCUT2D eigenvalue weighted by Gasteiger charge is 2.23. The Labute approximate surface area is 192 Å². The molecule has 1 amide bonds. The van der Waals surface area contributed by atoms with Crippen LogP contribution in [0, 0.1) is 0 Å². The van der Waals surface area contributed by atoms with Crippen LogP contribution in [0.3, 0.4) is 0 Å². The Kier molecular flexibility index (Phi) is 7.94. The number of carbonyl (C=O) groups is 1. The van der Waals surface area contributed by atoms with Gasteiger partial charge < -0.3 is 10.1 Å². The average molecular weight is 475 g/mol. The summed E-state index contributed by atoms with van der Waals surface area (Å²) in [5.41, 5.74) is 1.82. The number of sulfonamides is 1. The van der Waals surface area contributed by atoms with Crippen LogP contribution in [0.2, 0.25) is 0 Å². The first-order valence-electron chi connectivity index (χ1n) is 10.3. The molecule has 0 aliphatic rings. The van der Waals surface area contributed by atoms with Crippen LogP contribution in [0.1, 0.15) is 26.5 Å². The standard InChI is InChI=1S/C22H26N4O4S2/c1-4-26(5-2)32(28,29)18-9-10-20(30-6-3)19(13-18)25-21(27)12-17-15-31-22(24-17)16-8-7-11-23-14-16/h7-11,13-15H,4-6,12H2,1-3H3,(H,25,27). The molecule has 3 rings (SSSR count). The first-order valence-corrected chi connectivity index (χ1v) is 12.6. The minimum Gasteiger partial charge on any atom is -0.492 e. The summed E-state index contributed by atoms with van der Waals surface area (Å²) in [4.78, 5) is 21.4. The predicted octanol–water partition coefficient (Wildman–Crippen LogP) is 3.82. The van der Waals surface area contributed by atoms with E-state index in [4.69, 9.17) is 4.74 Å². The molecule has 10 heteroatoms. The number of hydrogen-bond acceptors (Lipinski definition) is 7. The summed E-state index contributed by atoms with van der Waals surface area (Å²) in [7, 11) is -3.67. The minimum absolute atomic E-state index is 0.0509. The first kappa shape index (κ1) is 23.8. The van der Waals surface area contributed by atoms with Crippen LogP contribution in [-0.4, -0.2) is 48.3 Å². The molecule has 2 heterocycles. The number of thiazole rings is 1. The smallest absolute Gasteiger partial charge is 0.243 e. The minimum atomic E-state index is -3.67. The lowest BCUT2D eigenvalue weighted by Gasteiger charge is -2.20. The number of aromatic nitrogens is 2. The number of hydrogen-bond donors (Lipinski definition) is 1. The van der Waals surface area contributed by atoms with Gasteiger partial charge in [0.1, 0.15) is 10.8 Å². The Balaban J connectivity index is 1.81. The summed E-state index contributed by atoms with van der Waals surface area (Å²) in [6.07, 6.45) is 3.46. The zero-order chi connectivity index (χ0) is 23.1. The van der Waals surface area contributed by atoms with E-state index in [1.807, 2.05) is 24.4 Å². The summed E-state index contributed by atoms with van der Waals surface area (Å²) in [5, 5.41) is 5.39. The van der Waals surface area contributed by atoms with E-state index < -0.39 is 10.0 Å². The van der Waals surface area contributed by atoms with E-state index in [1.54, 1.807) is 32.3 Å².